The summed E-state index contributed by atoms with van der Waals surface area (Å²) in [5, 5.41) is 9.82. The average Bonchev–Trinajstić information content (AvgIpc) is 2.75. The molecule has 3 rings (SSSR count). The highest BCUT2D eigenvalue weighted by atomic mass is 32.1. The van der Waals surface area contributed by atoms with Crippen LogP contribution >= 0.6 is 12.2 Å². The van der Waals surface area contributed by atoms with Crippen LogP contribution in [0.4, 0.5) is 11.4 Å². The Bertz CT molecular complexity index is 806. The molecule has 0 unspecified atom stereocenters. The van der Waals surface area contributed by atoms with Gasteiger partial charge in [0, 0.05) is 16.9 Å². The second kappa shape index (κ2) is 10.8. The number of anilines is 2. The van der Waals surface area contributed by atoms with E-state index in [4.69, 9.17) is 21.7 Å². The monoisotopic (exact) mass is 415 g/mol. The first-order chi connectivity index (χ1) is 14.1. The van der Waals surface area contributed by atoms with Gasteiger partial charge >= 0.3 is 0 Å². The van der Waals surface area contributed by atoms with Gasteiger partial charge in [0.1, 0.15) is 18.8 Å². The third kappa shape index (κ3) is 6.70. The maximum Gasteiger partial charge on any atom is 0.255 e. The van der Waals surface area contributed by atoms with Crippen molar-refractivity contribution >= 4 is 34.6 Å². The van der Waals surface area contributed by atoms with Crippen molar-refractivity contribution in [2.45, 2.75) is 0 Å². The molecule has 1 saturated heterocycles. The number of hydrogen-bond donors (Lipinski definition) is 4. The molecule has 0 spiro atoms. The molecular weight excluding hydrogens is 388 g/mol. The molecule has 1 aliphatic heterocycles. The number of quaternary nitrogens is 1. The second-order valence-corrected chi connectivity index (χ2v) is 7.16. The van der Waals surface area contributed by atoms with E-state index in [0.717, 1.165) is 50.8 Å². The standard InChI is InChI=1S/C21H26N4O3S/c1-27-19-8-6-17(7-9-19)23-20(26)16-2-4-18(5-3-16)24-21(29)22-10-11-25-12-14-28-15-13-25/h2-9H,10-15H2,1H3,(H,23,26)(H2,22,24,29)/p+1. The van der Waals surface area contributed by atoms with Gasteiger partial charge in [-0.15, -0.1) is 0 Å². The van der Waals surface area contributed by atoms with Gasteiger partial charge in [0.2, 0.25) is 0 Å². The van der Waals surface area contributed by atoms with E-state index in [1.807, 2.05) is 12.1 Å². The van der Waals surface area contributed by atoms with Gasteiger partial charge in [-0.25, -0.2) is 0 Å². The fourth-order valence-corrected chi connectivity index (χ4v) is 3.24. The van der Waals surface area contributed by atoms with Crippen LogP contribution in [0, 0.1) is 0 Å². The van der Waals surface area contributed by atoms with E-state index in [-0.39, 0.29) is 5.91 Å². The van der Waals surface area contributed by atoms with Gasteiger partial charge in [-0.1, -0.05) is 0 Å². The number of ether oxygens (including phenoxy) is 2. The van der Waals surface area contributed by atoms with E-state index in [1.165, 1.54) is 4.90 Å². The predicted molar refractivity (Wildman–Crippen MR) is 118 cm³/mol. The Morgan fingerprint density at radius 1 is 1.03 bits per heavy atom. The number of morpholine rings is 1. The largest absolute Gasteiger partial charge is 0.497 e. The molecule has 0 aromatic heterocycles. The quantitative estimate of drug-likeness (QED) is 0.509. The zero-order chi connectivity index (χ0) is 20.5. The molecule has 1 heterocycles. The first-order valence-corrected chi connectivity index (χ1v) is 10.1. The first-order valence-electron chi connectivity index (χ1n) is 9.65. The molecule has 1 fully saturated rings. The molecule has 0 bridgehead atoms. The Balaban J connectivity index is 1.43. The highest BCUT2D eigenvalue weighted by Crippen LogP contribution is 2.16. The van der Waals surface area contributed by atoms with Crippen molar-refractivity contribution in [2.24, 2.45) is 0 Å². The lowest BCUT2D eigenvalue weighted by Gasteiger charge is -2.24. The minimum atomic E-state index is -0.170. The fraction of sp³-hybridized carbons (Fsp3) is 0.333. The molecule has 4 N–H and O–H groups in total. The lowest BCUT2D eigenvalue weighted by Crippen LogP contribution is -3.14. The summed E-state index contributed by atoms with van der Waals surface area (Å²) in [6.45, 7) is 5.57. The molecule has 154 valence electrons. The summed E-state index contributed by atoms with van der Waals surface area (Å²) in [6, 6.07) is 14.4. The molecule has 0 atom stereocenters. The molecule has 1 amide bonds. The molecule has 7 nitrogen and oxygen atoms in total. The van der Waals surface area contributed by atoms with E-state index in [9.17, 15) is 4.79 Å². The van der Waals surface area contributed by atoms with Crippen LogP contribution in [0.3, 0.4) is 0 Å². The molecule has 2 aromatic carbocycles. The molecule has 0 saturated carbocycles. The van der Waals surface area contributed by atoms with Crippen molar-refractivity contribution in [3.8, 4) is 5.75 Å². The Morgan fingerprint density at radius 2 is 1.66 bits per heavy atom. The summed E-state index contributed by atoms with van der Waals surface area (Å²) in [4.78, 5) is 13.9. The first kappa shape index (κ1) is 21.0. The third-order valence-corrected chi connectivity index (χ3v) is 4.96. The minimum Gasteiger partial charge on any atom is -0.497 e. The van der Waals surface area contributed by atoms with Crippen LogP contribution in [-0.2, 0) is 4.74 Å². The van der Waals surface area contributed by atoms with Crippen LogP contribution in [0.5, 0.6) is 5.75 Å². The highest BCUT2D eigenvalue weighted by molar-refractivity contribution is 7.80. The summed E-state index contributed by atoms with van der Waals surface area (Å²) in [5.41, 5.74) is 2.12. The Labute approximate surface area is 176 Å². The van der Waals surface area contributed by atoms with Crippen molar-refractivity contribution in [3.63, 3.8) is 0 Å². The normalized spacial score (nSPS) is 14.1. The summed E-state index contributed by atoms with van der Waals surface area (Å²) in [6.07, 6.45) is 0. The molecule has 1 aliphatic rings. The average molecular weight is 416 g/mol. The Hall–Kier alpha value is -2.68. The van der Waals surface area contributed by atoms with Crippen LogP contribution in [0.1, 0.15) is 10.4 Å². The van der Waals surface area contributed by atoms with E-state index in [0.29, 0.717) is 16.4 Å². The molecule has 29 heavy (non-hydrogen) atoms. The van der Waals surface area contributed by atoms with Crippen LogP contribution in [0.25, 0.3) is 0 Å². The van der Waals surface area contributed by atoms with Crippen molar-refractivity contribution < 1.29 is 19.2 Å². The van der Waals surface area contributed by atoms with E-state index in [2.05, 4.69) is 16.0 Å². The summed E-state index contributed by atoms with van der Waals surface area (Å²) in [5.74, 6) is 0.574. The van der Waals surface area contributed by atoms with Crippen LogP contribution in [-0.4, -0.2) is 57.5 Å². The number of amides is 1. The van der Waals surface area contributed by atoms with Crippen LogP contribution in [0.2, 0.25) is 0 Å². The van der Waals surface area contributed by atoms with Gasteiger partial charge in [-0.05, 0) is 60.7 Å². The van der Waals surface area contributed by atoms with Crippen molar-refractivity contribution in [3.05, 3.63) is 54.1 Å². The van der Waals surface area contributed by atoms with Gasteiger partial charge in [-0.3, -0.25) is 4.79 Å². The van der Waals surface area contributed by atoms with Crippen LogP contribution < -0.4 is 25.6 Å². The molecule has 0 radical (unpaired) electrons. The summed E-state index contributed by atoms with van der Waals surface area (Å²) < 4.78 is 10.5. The van der Waals surface area contributed by atoms with E-state index < -0.39 is 0 Å². The number of carbonyl (C=O) groups excluding carboxylic acids is 1. The van der Waals surface area contributed by atoms with Gasteiger partial charge in [0.15, 0.2) is 5.11 Å². The number of carbonyl (C=O) groups is 1. The maximum atomic E-state index is 12.4. The number of thiocarbonyl (C=S) groups is 1. The van der Waals surface area contributed by atoms with Crippen molar-refractivity contribution in [1.82, 2.24) is 5.32 Å². The number of nitrogens with one attached hydrogen (secondary N) is 4. The SMILES string of the molecule is COc1ccc(NC(=O)c2ccc(NC(=S)NCC[NH+]3CCOCC3)cc2)cc1. The minimum absolute atomic E-state index is 0.170. The molecule has 0 aliphatic carbocycles. The van der Waals surface area contributed by atoms with Gasteiger partial charge in [0.05, 0.1) is 33.4 Å². The molecular formula is C21H27N4O3S+. The number of hydrogen-bond acceptors (Lipinski definition) is 4. The van der Waals surface area contributed by atoms with Crippen LogP contribution in [0.15, 0.2) is 48.5 Å². The Kier molecular flexibility index (Phi) is 7.80. The zero-order valence-corrected chi connectivity index (χ0v) is 17.3. The lowest BCUT2D eigenvalue weighted by molar-refractivity contribution is -0.906. The van der Waals surface area contributed by atoms with Gasteiger partial charge in [-0.2, -0.15) is 0 Å². The number of benzene rings is 2. The maximum absolute atomic E-state index is 12.4. The summed E-state index contributed by atoms with van der Waals surface area (Å²) >= 11 is 5.35. The smallest absolute Gasteiger partial charge is 0.255 e. The fourth-order valence-electron chi connectivity index (χ4n) is 3.02. The highest BCUT2D eigenvalue weighted by Gasteiger charge is 2.13. The summed E-state index contributed by atoms with van der Waals surface area (Å²) in [7, 11) is 1.61. The molecule has 2 aromatic rings. The van der Waals surface area contributed by atoms with Crippen molar-refractivity contribution in [2.75, 3.05) is 57.1 Å². The topological polar surface area (TPSA) is 76.1 Å². The number of rotatable bonds is 7. The van der Waals surface area contributed by atoms with Gasteiger partial charge in [0.25, 0.3) is 5.91 Å². The van der Waals surface area contributed by atoms with E-state index in [1.54, 1.807) is 43.5 Å². The second-order valence-electron chi connectivity index (χ2n) is 6.75. The van der Waals surface area contributed by atoms with Crippen molar-refractivity contribution in [1.29, 1.82) is 0 Å². The van der Waals surface area contributed by atoms with E-state index >= 15 is 0 Å². The lowest BCUT2D eigenvalue weighted by atomic mass is 10.2. The Morgan fingerprint density at radius 3 is 2.31 bits per heavy atom. The zero-order valence-electron chi connectivity index (χ0n) is 16.5. The number of methoxy groups -OCH3 is 1. The third-order valence-electron chi connectivity index (χ3n) is 4.72. The molecule has 8 heteroatoms. The van der Waals surface area contributed by atoms with Gasteiger partial charge < -0.3 is 30.3 Å². The predicted octanol–water partition coefficient (Wildman–Crippen LogP) is 1.15.